The van der Waals surface area contributed by atoms with Gasteiger partial charge in [0.1, 0.15) is 0 Å². The number of aliphatic imine (C=N–C) groups is 1. The molecule has 0 aliphatic rings. The highest BCUT2D eigenvalue weighted by Crippen LogP contribution is 2.29. The van der Waals surface area contributed by atoms with Crippen LogP contribution < -0.4 is 11.1 Å². The summed E-state index contributed by atoms with van der Waals surface area (Å²) in [5.41, 5.74) is 4.71. The van der Waals surface area contributed by atoms with Crippen LogP contribution in [0.1, 0.15) is 24.5 Å². The molecule has 0 radical (unpaired) electrons. The van der Waals surface area contributed by atoms with Gasteiger partial charge in [-0.05, 0) is 13.8 Å². The molecule has 1 aromatic rings. The largest absolute Gasteiger partial charge is 0.434 e. The number of hydrogen-bond acceptors (Lipinski definition) is 3. The molecule has 4 nitrogen and oxygen atoms in total. The lowest BCUT2D eigenvalue weighted by Gasteiger charge is -2.07. The van der Waals surface area contributed by atoms with Gasteiger partial charge < -0.3 is 11.1 Å². The van der Waals surface area contributed by atoms with E-state index < -0.39 is 11.9 Å². The molecular weight excluding hydrogens is 392 g/mol. The number of thiazole rings is 1. The molecule has 0 saturated carbocycles. The van der Waals surface area contributed by atoms with Crippen LogP contribution in [0.5, 0.6) is 0 Å². The molecule has 0 fully saturated rings. The first-order valence-corrected chi connectivity index (χ1v) is 6.25. The smallest absolute Gasteiger partial charge is 0.370 e. The number of aromatic nitrogens is 1. The van der Waals surface area contributed by atoms with Crippen LogP contribution >= 0.6 is 35.3 Å². The van der Waals surface area contributed by atoms with E-state index in [2.05, 4.69) is 15.3 Å². The monoisotopic (exact) mass is 408 g/mol. The average molecular weight is 408 g/mol. The summed E-state index contributed by atoms with van der Waals surface area (Å²) in [6, 6.07) is 0.172. The second-order valence-corrected chi connectivity index (χ2v) is 4.88. The van der Waals surface area contributed by atoms with Crippen LogP contribution in [0, 0.1) is 0 Å². The second-order valence-electron chi connectivity index (χ2n) is 3.94. The number of hydrogen-bond donors (Lipinski definition) is 2. The molecule has 0 bridgehead atoms. The van der Waals surface area contributed by atoms with E-state index in [0.29, 0.717) is 18.0 Å². The molecule has 0 spiro atoms. The predicted molar refractivity (Wildman–Crippen MR) is 81.0 cm³/mol. The van der Waals surface area contributed by atoms with Gasteiger partial charge in [0, 0.05) is 24.4 Å². The molecule has 1 aromatic heterocycles. The first kappa shape index (κ1) is 18.4. The highest BCUT2D eigenvalue weighted by atomic mass is 127. The van der Waals surface area contributed by atoms with E-state index in [1.54, 1.807) is 0 Å². The van der Waals surface area contributed by atoms with Crippen molar-refractivity contribution < 1.29 is 13.2 Å². The standard InChI is InChI=1S/C10H15F3N4S.HI/c1-6(2)16-9(14)15-4-3-8-17-7(5-18-8)10(11,12)13;/h5-6H,3-4H2,1-2H3,(H3,14,15,16);1H. The minimum absolute atomic E-state index is 0. The molecule has 0 saturated heterocycles. The van der Waals surface area contributed by atoms with E-state index in [4.69, 9.17) is 5.73 Å². The summed E-state index contributed by atoms with van der Waals surface area (Å²) in [4.78, 5) is 7.50. The Balaban J connectivity index is 0.00000324. The van der Waals surface area contributed by atoms with Crippen molar-refractivity contribution in [3.63, 3.8) is 0 Å². The van der Waals surface area contributed by atoms with Crippen molar-refractivity contribution in [2.75, 3.05) is 6.54 Å². The van der Waals surface area contributed by atoms with E-state index in [9.17, 15) is 13.2 Å². The molecule has 0 atom stereocenters. The number of guanidine groups is 1. The van der Waals surface area contributed by atoms with Crippen molar-refractivity contribution in [3.8, 4) is 0 Å². The Morgan fingerprint density at radius 1 is 1.53 bits per heavy atom. The van der Waals surface area contributed by atoms with Gasteiger partial charge in [0.15, 0.2) is 11.7 Å². The van der Waals surface area contributed by atoms with E-state index in [-0.39, 0.29) is 36.0 Å². The zero-order chi connectivity index (χ0) is 13.8. The van der Waals surface area contributed by atoms with Crippen molar-refractivity contribution in [1.82, 2.24) is 10.3 Å². The molecule has 0 aromatic carbocycles. The molecule has 1 rings (SSSR count). The van der Waals surface area contributed by atoms with E-state index >= 15 is 0 Å². The van der Waals surface area contributed by atoms with Gasteiger partial charge >= 0.3 is 6.18 Å². The lowest BCUT2D eigenvalue weighted by Crippen LogP contribution is -2.36. The lowest BCUT2D eigenvalue weighted by molar-refractivity contribution is -0.140. The Bertz CT molecular complexity index is 417. The molecule has 0 aliphatic heterocycles. The van der Waals surface area contributed by atoms with Gasteiger partial charge in [-0.2, -0.15) is 13.2 Å². The third-order valence-electron chi connectivity index (χ3n) is 1.89. The summed E-state index contributed by atoms with van der Waals surface area (Å²) >= 11 is 0.980. The molecule has 19 heavy (non-hydrogen) atoms. The van der Waals surface area contributed by atoms with E-state index in [1.165, 1.54) is 0 Å². The number of halogens is 4. The lowest BCUT2D eigenvalue weighted by atomic mass is 10.4. The van der Waals surface area contributed by atoms with Crippen LogP contribution in [0.15, 0.2) is 10.4 Å². The number of rotatable bonds is 4. The SMILES string of the molecule is CC(C)NC(N)=NCCc1nc(C(F)(F)F)cs1.I. The van der Waals surface area contributed by atoms with Crippen molar-refractivity contribution in [3.05, 3.63) is 16.1 Å². The van der Waals surface area contributed by atoms with Gasteiger partial charge in [0.05, 0.1) is 5.01 Å². The fourth-order valence-corrected chi connectivity index (χ4v) is 1.96. The van der Waals surface area contributed by atoms with E-state index in [1.807, 2.05) is 13.8 Å². The Hall–Kier alpha value is -0.580. The molecule has 0 unspecified atom stereocenters. The van der Waals surface area contributed by atoms with Crippen LogP contribution in [-0.2, 0) is 12.6 Å². The molecule has 3 N–H and O–H groups in total. The average Bonchev–Trinajstić information content (AvgIpc) is 2.64. The Kier molecular flexibility index (Phi) is 7.64. The minimum Gasteiger partial charge on any atom is -0.370 e. The maximum atomic E-state index is 12.3. The second kappa shape index (κ2) is 7.88. The molecule has 9 heteroatoms. The molecule has 0 aliphatic carbocycles. The Morgan fingerprint density at radius 2 is 2.16 bits per heavy atom. The van der Waals surface area contributed by atoms with Crippen molar-refractivity contribution in [2.24, 2.45) is 10.7 Å². The summed E-state index contributed by atoms with van der Waals surface area (Å²) in [5.74, 6) is 0.289. The summed E-state index contributed by atoms with van der Waals surface area (Å²) < 4.78 is 36.8. The normalized spacial score (nSPS) is 12.4. The van der Waals surface area contributed by atoms with Gasteiger partial charge in [-0.15, -0.1) is 35.3 Å². The minimum atomic E-state index is -4.38. The topological polar surface area (TPSA) is 63.3 Å². The van der Waals surface area contributed by atoms with Crippen LogP contribution in [0.25, 0.3) is 0 Å². The molecular formula is C10H16F3IN4S. The van der Waals surface area contributed by atoms with Gasteiger partial charge in [-0.25, -0.2) is 4.98 Å². The van der Waals surface area contributed by atoms with Crippen LogP contribution in [0.4, 0.5) is 13.2 Å². The molecule has 0 amide bonds. The van der Waals surface area contributed by atoms with E-state index in [0.717, 1.165) is 16.7 Å². The highest BCUT2D eigenvalue weighted by molar-refractivity contribution is 14.0. The number of nitrogens with one attached hydrogen (secondary N) is 1. The summed E-state index contributed by atoms with van der Waals surface area (Å²) in [6.45, 7) is 4.15. The summed E-state index contributed by atoms with van der Waals surface area (Å²) in [7, 11) is 0. The maximum Gasteiger partial charge on any atom is 0.434 e. The first-order chi connectivity index (χ1) is 8.29. The van der Waals surface area contributed by atoms with Gasteiger partial charge in [-0.3, -0.25) is 4.99 Å². The van der Waals surface area contributed by atoms with Crippen LogP contribution in [0.2, 0.25) is 0 Å². The zero-order valence-corrected chi connectivity index (χ0v) is 13.6. The van der Waals surface area contributed by atoms with Gasteiger partial charge in [-0.1, -0.05) is 0 Å². The van der Waals surface area contributed by atoms with Gasteiger partial charge in [0.25, 0.3) is 0 Å². The fraction of sp³-hybridized carbons (Fsp3) is 0.600. The number of nitrogens with zero attached hydrogens (tertiary/aromatic N) is 2. The van der Waals surface area contributed by atoms with Crippen LogP contribution in [-0.4, -0.2) is 23.5 Å². The zero-order valence-electron chi connectivity index (χ0n) is 10.5. The summed E-state index contributed by atoms with van der Waals surface area (Å²) in [5, 5.41) is 4.30. The third-order valence-corrected chi connectivity index (χ3v) is 2.80. The summed E-state index contributed by atoms with van der Waals surface area (Å²) in [6.07, 6.45) is -4.03. The fourth-order valence-electron chi connectivity index (χ4n) is 1.17. The predicted octanol–water partition coefficient (Wildman–Crippen LogP) is 2.64. The molecule has 1 heterocycles. The van der Waals surface area contributed by atoms with Crippen molar-refractivity contribution in [1.29, 1.82) is 0 Å². The quantitative estimate of drug-likeness (QED) is 0.458. The first-order valence-electron chi connectivity index (χ1n) is 5.37. The highest BCUT2D eigenvalue weighted by Gasteiger charge is 2.33. The number of nitrogens with two attached hydrogens (primary N) is 1. The van der Waals surface area contributed by atoms with Crippen molar-refractivity contribution >= 4 is 41.3 Å². The maximum absolute atomic E-state index is 12.3. The molecule has 110 valence electrons. The number of alkyl halides is 3. The van der Waals surface area contributed by atoms with Gasteiger partial charge in [0.2, 0.25) is 0 Å². The van der Waals surface area contributed by atoms with Crippen molar-refractivity contribution in [2.45, 2.75) is 32.5 Å². The Morgan fingerprint density at radius 3 is 2.63 bits per heavy atom. The third kappa shape index (κ3) is 6.95. The van der Waals surface area contributed by atoms with Crippen LogP contribution in [0.3, 0.4) is 0 Å². The Labute approximate surface area is 130 Å².